The van der Waals surface area contributed by atoms with Gasteiger partial charge >= 0.3 is 0 Å². The number of hydroxylamine groups is 3. The molecule has 1 saturated carbocycles. The Morgan fingerprint density at radius 3 is 2.15 bits per heavy atom. The smallest absolute Gasteiger partial charge is 0.118 e. The van der Waals surface area contributed by atoms with E-state index in [1.165, 1.54) is 6.42 Å². The van der Waals surface area contributed by atoms with Crippen LogP contribution in [0, 0.1) is 0 Å². The minimum Gasteiger partial charge on any atom is -0.508 e. The minimum absolute atomic E-state index is 0.122. The summed E-state index contributed by atoms with van der Waals surface area (Å²) in [5, 5.41) is 30.6. The summed E-state index contributed by atoms with van der Waals surface area (Å²) in [6.07, 6.45) is 4.78. The van der Waals surface area contributed by atoms with Crippen molar-refractivity contribution in [2.24, 2.45) is 0 Å². The van der Waals surface area contributed by atoms with E-state index in [2.05, 4.69) is 0 Å². The van der Waals surface area contributed by atoms with Crippen LogP contribution in [0.25, 0.3) is 0 Å². The molecule has 1 aromatic rings. The molecule has 4 nitrogen and oxygen atoms in total. The fraction of sp³-hybridized carbons (Fsp3) is 0.625. The maximum absolute atomic E-state index is 11.0. The first-order valence-corrected chi connectivity index (χ1v) is 7.37. The molecule has 0 radical (unpaired) electrons. The second-order valence-electron chi connectivity index (χ2n) is 6.61. The van der Waals surface area contributed by atoms with Gasteiger partial charge in [0.05, 0.1) is 25.6 Å². The van der Waals surface area contributed by atoms with Crippen LogP contribution in [0.2, 0.25) is 0 Å². The van der Waals surface area contributed by atoms with Crippen molar-refractivity contribution in [3.8, 4) is 5.75 Å². The number of benzene rings is 1. The van der Waals surface area contributed by atoms with Crippen molar-refractivity contribution < 1.29 is 20.1 Å². The Morgan fingerprint density at radius 1 is 1.10 bits per heavy atom. The molecule has 0 bridgehead atoms. The van der Waals surface area contributed by atoms with Crippen LogP contribution in [0.3, 0.4) is 0 Å². The summed E-state index contributed by atoms with van der Waals surface area (Å²) in [7, 11) is 3.44. The van der Waals surface area contributed by atoms with Gasteiger partial charge in [-0.2, -0.15) is 4.65 Å². The number of likely N-dealkylation sites (N-methyl/N-ethyl adjacent to an activating group) is 1. The lowest BCUT2D eigenvalue weighted by Gasteiger charge is -2.41. The monoisotopic (exact) mass is 280 g/mol. The van der Waals surface area contributed by atoms with Crippen LogP contribution in [0.4, 0.5) is 0 Å². The summed E-state index contributed by atoms with van der Waals surface area (Å²) in [6.45, 7) is 0.460. The van der Waals surface area contributed by atoms with Crippen LogP contribution in [-0.4, -0.2) is 46.3 Å². The third-order valence-electron chi connectivity index (χ3n) is 4.29. The van der Waals surface area contributed by atoms with Crippen molar-refractivity contribution in [1.82, 2.24) is 0 Å². The highest BCUT2D eigenvalue weighted by molar-refractivity contribution is 5.30. The number of quaternary nitrogens is 1. The summed E-state index contributed by atoms with van der Waals surface area (Å²) in [4.78, 5) is 0. The second-order valence-corrected chi connectivity index (χ2v) is 6.61. The first kappa shape index (κ1) is 15.3. The number of hydrogen-bond acceptors (Lipinski definition) is 3. The van der Waals surface area contributed by atoms with Gasteiger partial charge in [-0.05, 0) is 30.5 Å². The van der Waals surface area contributed by atoms with E-state index in [1.807, 2.05) is 12.1 Å². The number of hydrogen-bond donors (Lipinski definition) is 3. The van der Waals surface area contributed by atoms with Crippen LogP contribution in [0.1, 0.15) is 43.6 Å². The Kier molecular flexibility index (Phi) is 4.37. The second kappa shape index (κ2) is 5.72. The highest BCUT2D eigenvalue weighted by Gasteiger charge is 2.42. The van der Waals surface area contributed by atoms with Crippen LogP contribution in [0.5, 0.6) is 5.75 Å². The van der Waals surface area contributed by atoms with Gasteiger partial charge in [-0.3, -0.25) is 0 Å². The van der Waals surface area contributed by atoms with Gasteiger partial charge in [-0.25, -0.2) is 5.21 Å². The maximum atomic E-state index is 11.0. The Balaban J connectivity index is 2.31. The van der Waals surface area contributed by atoms with E-state index in [0.29, 0.717) is 6.54 Å². The highest BCUT2D eigenvalue weighted by Crippen LogP contribution is 2.41. The lowest BCUT2D eigenvalue weighted by Crippen LogP contribution is -2.48. The molecular formula is C16H26NO3+. The van der Waals surface area contributed by atoms with Crippen LogP contribution in [0.15, 0.2) is 24.3 Å². The van der Waals surface area contributed by atoms with Crippen LogP contribution >= 0.6 is 0 Å². The molecule has 20 heavy (non-hydrogen) atoms. The van der Waals surface area contributed by atoms with E-state index in [0.717, 1.165) is 31.2 Å². The molecule has 4 heteroatoms. The van der Waals surface area contributed by atoms with Crippen molar-refractivity contribution >= 4 is 0 Å². The molecule has 0 amide bonds. The molecule has 1 unspecified atom stereocenters. The zero-order chi connectivity index (χ0) is 14.8. The maximum Gasteiger partial charge on any atom is 0.118 e. The average Bonchev–Trinajstić information content (AvgIpc) is 2.37. The molecule has 0 spiro atoms. The zero-order valence-electron chi connectivity index (χ0n) is 12.4. The Bertz CT molecular complexity index is 430. The fourth-order valence-corrected chi connectivity index (χ4v) is 3.25. The molecule has 0 heterocycles. The van der Waals surface area contributed by atoms with E-state index >= 15 is 0 Å². The topological polar surface area (TPSA) is 60.7 Å². The van der Waals surface area contributed by atoms with E-state index in [4.69, 9.17) is 0 Å². The standard InChI is InChI=1S/C16H25NO3/c1-17(2,20)12-15(13-6-8-14(18)9-7-13)16(19)10-4-3-5-11-16/h6-9,15,19-20H,3-5,10-12H2,1-2H3/p+1. The van der Waals surface area contributed by atoms with Gasteiger partial charge in [0.25, 0.3) is 0 Å². The largest absolute Gasteiger partial charge is 0.508 e. The van der Waals surface area contributed by atoms with Crippen molar-refractivity contribution in [1.29, 1.82) is 0 Å². The van der Waals surface area contributed by atoms with Gasteiger partial charge in [0.1, 0.15) is 12.3 Å². The molecule has 3 N–H and O–H groups in total. The first-order valence-electron chi connectivity index (χ1n) is 7.37. The Hall–Kier alpha value is -1.10. The SMILES string of the molecule is C[N+](C)(O)CC(c1ccc(O)cc1)C1(O)CCCCC1. The number of aromatic hydroxyl groups is 1. The highest BCUT2D eigenvalue weighted by atomic mass is 16.5. The lowest BCUT2D eigenvalue weighted by molar-refractivity contribution is -1.07. The molecule has 0 aliphatic heterocycles. The average molecular weight is 280 g/mol. The van der Waals surface area contributed by atoms with Crippen molar-refractivity contribution in [3.63, 3.8) is 0 Å². The van der Waals surface area contributed by atoms with Gasteiger partial charge in [-0.1, -0.05) is 31.4 Å². The predicted molar refractivity (Wildman–Crippen MR) is 77.6 cm³/mol. The molecule has 1 fully saturated rings. The summed E-state index contributed by atoms with van der Waals surface area (Å²) in [5.41, 5.74) is 0.223. The molecule has 0 aromatic heterocycles. The van der Waals surface area contributed by atoms with Gasteiger partial charge < -0.3 is 10.2 Å². The molecule has 1 aliphatic carbocycles. The summed E-state index contributed by atoms with van der Waals surface area (Å²) in [6, 6.07) is 6.99. The van der Waals surface area contributed by atoms with Crippen LogP contribution < -0.4 is 0 Å². The normalized spacial score (nSPS) is 20.6. The predicted octanol–water partition coefficient (Wildman–Crippen LogP) is 2.64. The fourth-order valence-electron chi connectivity index (χ4n) is 3.25. The zero-order valence-corrected chi connectivity index (χ0v) is 12.4. The Morgan fingerprint density at radius 2 is 1.65 bits per heavy atom. The number of phenols is 1. The lowest BCUT2D eigenvalue weighted by atomic mass is 9.72. The number of rotatable bonds is 4. The molecule has 1 atom stereocenters. The minimum atomic E-state index is -0.756. The molecule has 112 valence electrons. The third kappa shape index (κ3) is 3.72. The van der Waals surface area contributed by atoms with Gasteiger partial charge in [-0.15, -0.1) is 0 Å². The van der Waals surface area contributed by atoms with E-state index < -0.39 is 5.60 Å². The van der Waals surface area contributed by atoms with Crippen molar-refractivity contribution in [2.75, 3.05) is 20.6 Å². The van der Waals surface area contributed by atoms with Crippen molar-refractivity contribution in [3.05, 3.63) is 29.8 Å². The quantitative estimate of drug-likeness (QED) is 0.587. The first-order chi connectivity index (χ1) is 9.30. The van der Waals surface area contributed by atoms with Crippen molar-refractivity contribution in [2.45, 2.75) is 43.6 Å². The van der Waals surface area contributed by atoms with Gasteiger partial charge in [0, 0.05) is 0 Å². The summed E-state index contributed by atoms with van der Waals surface area (Å²) >= 11 is 0. The summed E-state index contributed by atoms with van der Waals surface area (Å²) in [5.74, 6) is 0.101. The number of nitrogens with zero attached hydrogens (tertiary/aromatic N) is 1. The molecule has 0 saturated heterocycles. The van der Waals surface area contributed by atoms with Gasteiger partial charge in [0.15, 0.2) is 0 Å². The third-order valence-corrected chi connectivity index (χ3v) is 4.29. The number of phenolic OH excluding ortho intramolecular Hbond substituents is 1. The number of aliphatic hydroxyl groups is 1. The van der Waals surface area contributed by atoms with E-state index in [-0.39, 0.29) is 16.3 Å². The Labute approximate surface area is 120 Å². The van der Waals surface area contributed by atoms with E-state index in [1.54, 1.807) is 26.2 Å². The molecule has 1 aromatic carbocycles. The van der Waals surface area contributed by atoms with E-state index in [9.17, 15) is 15.4 Å². The van der Waals surface area contributed by atoms with Gasteiger partial charge in [0.2, 0.25) is 0 Å². The molecule has 2 rings (SSSR count). The molecular weight excluding hydrogens is 254 g/mol. The molecule has 1 aliphatic rings. The van der Waals surface area contributed by atoms with Crippen LogP contribution in [-0.2, 0) is 0 Å². The summed E-state index contributed by atoms with van der Waals surface area (Å²) < 4.78 is -0.173.